The van der Waals surface area contributed by atoms with Gasteiger partial charge < -0.3 is 38.0 Å². The predicted octanol–water partition coefficient (Wildman–Crippen LogP) is 8.80. The van der Waals surface area contributed by atoms with Gasteiger partial charge in [0.15, 0.2) is 14.1 Å². The second-order valence-corrected chi connectivity index (χ2v) is 20.3. The number of ether oxygens (including phenoxy) is 6. The molecule has 0 spiro atoms. The number of esters is 1. The monoisotopic (exact) mass is 696 g/mol. The van der Waals surface area contributed by atoms with Crippen LogP contribution in [0.2, 0.25) is 18.1 Å². The first-order chi connectivity index (χ1) is 22.7. The Balaban J connectivity index is 1.58. The topological polar surface area (TPSA) is 102 Å². The smallest absolute Gasteiger partial charge is 0.345 e. The second kappa shape index (κ2) is 15.0. The van der Waals surface area contributed by atoms with Crippen molar-refractivity contribution in [3.63, 3.8) is 0 Å². The van der Waals surface area contributed by atoms with Crippen molar-refractivity contribution in [1.29, 1.82) is 0 Å². The quantitative estimate of drug-likeness (QED) is 0.125. The summed E-state index contributed by atoms with van der Waals surface area (Å²) in [4.78, 5) is 12.9. The number of carbonyl (C=O) groups excluding carboxylic acids is 1. The molecule has 4 rings (SSSR count). The minimum Gasteiger partial charge on any atom is -0.508 e. The molecule has 5 atom stereocenters. The summed E-state index contributed by atoms with van der Waals surface area (Å²) in [5, 5.41) is 10.5. The Morgan fingerprint density at radius 1 is 0.980 bits per heavy atom. The molecule has 2 aliphatic heterocycles. The molecule has 1 N–H and O–H groups in total. The van der Waals surface area contributed by atoms with Crippen LogP contribution in [0.1, 0.15) is 90.2 Å². The number of carbonyl (C=O) groups is 1. The third-order valence-corrected chi connectivity index (χ3v) is 14.0. The normalized spacial score (nSPS) is 22.4. The minimum atomic E-state index is -1.96. The molecular formula is C39H56O9Si. The van der Waals surface area contributed by atoms with Crippen molar-refractivity contribution in [3.05, 3.63) is 71.3 Å². The van der Waals surface area contributed by atoms with Gasteiger partial charge >= 0.3 is 5.97 Å². The molecule has 2 heterocycles. The van der Waals surface area contributed by atoms with Crippen LogP contribution in [0.4, 0.5) is 0 Å². The van der Waals surface area contributed by atoms with Crippen LogP contribution >= 0.6 is 0 Å². The van der Waals surface area contributed by atoms with Crippen LogP contribution in [0, 0.1) is 5.92 Å². The summed E-state index contributed by atoms with van der Waals surface area (Å²) < 4.78 is 42.8. The highest BCUT2D eigenvalue weighted by Crippen LogP contribution is 2.40. The van der Waals surface area contributed by atoms with E-state index in [-0.39, 0.29) is 40.2 Å². The van der Waals surface area contributed by atoms with E-state index >= 15 is 0 Å². The third-order valence-electron chi connectivity index (χ3n) is 9.46. The van der Waals surface area contributed by atoms with Gasteiger partial charge in [-0.25, -0.2) is 4.79 Å². The molecule has 0 radical (unpaired) electrons. The van der Waals surface area contributed by atoms with Crippen LogP contribution in [0.25, 0.3) is 6.08 Å². The molecule has 9 nitrogen and oxygen atoms in total. The summed E-state index contributed by atoms with van der Waals surface area (Å²) in [6.45, 7) is 23.0. The largest absolute Gasteiger partial charge is 0.508 e. The minimum absolute atomic E-state index is 0.0126. The lowest BCUT2D eigenvalue weighted by Gasteiger charge is -2.39. The average Bonchev–Trinajstić information content (AvgIpc) is 3.28. The summed E-state index contributed by atoms with van der Waals surface area (Å²) in [5.41, 5.74) is 1.75. The Kier molecular flexibility index (Phi) is 11.8. The summed E-state index contributed by atoms with van der Waals surface area (Å²) in [7, 11) is -0.312. The first-order valence-electron chi connectivity index (χ1n) is 17.1. The lowest BCUT2D eigenvalue weighted by Crippen LogP contribution is -2.44. The van der Waals surface area contributed by atoms with Gasteiger partial charge in [0.1, 0.15) is 35.0 Å². The molecule has 270 valence electrons. The zero-order valence-corrected chi connectivity index (χ0v) is 32.3. The molecule has 0 bridgehead atoms. The second-order valence-electron chi connectivity index (χ2n) is 15.5. The van der Waals surface area contributed by atoms with E-state index in [0.717, 1.165) is 11.3 Å². The van der Waals surface area contributed by atoms with Crippen molar-refractivity contribution in [2.24, 2.45) is 5.92 Å². The van der Waals surface area contributed by atoms with Crippen molar-refractivity contribution >= 4 is 20.4 Å². The Hall–Kier alpha value is -3.15. The van der Waals surface area contributed by atoms with Crippen molar-refractivity contribution in [1.82, 2.24) is 0 Å². The van der Waals surface area contributed by atoms with Gasteiger partial charge in [0, 0.05) is 26.0 Å². The molecular weight excluding hydrogens is 641 g/mol. The Bertz CT molecular complexity index is 1500. The maximum absolute atomic E-state index is 12.9. The van der Waals surface area contributed by atoms with E-state index in [1.165, 1.54) is 12.1 Å². The van der Waals surface area contributed by atoms with Crippen LogP contribution in [-0.2, 0) is 30.0 Å². The maximum atomic E-state index is 12.9. The molecule has 10 heteroatoms. The zero-order chi connectivity index (χ0) is 36.4. The van der Waals surface area contributed by atoms with Gasteiger partial charge in [-0.05, 0) is 80.6 Å². The lowest BCUT2D eigenvalue weighted by atomic mass is 9.99. The van der Waals surface area contributed by atoms with E-state index in [1.54, 1.807) is 27.0 Å². The molecule has 0 saturated carbocycles. The predicted molar refractivity (Wildman–Crippen MR) is 193 cm³/mol. The highest BCUT2D eigenvalue weighted by molar-refractivity contribution is 6.74. The highest BCUT2D eigenvalue weighted by atomic mass is 28.4. The fourth-order valence-corrected chi connectivity index (χ4v) is 7.13. The van der Waals surface area contributed by atoms with Gasteiger partial charge in [0.2, 0.25) is 5.79 Å². The van der Waals surface area contributed by atoms with Crippen molar-refractivity contribution in [2.45, 2.75) is 129 Å². The summed E-state index contributed by atoms with van der Waals surface area (Å²) in [6, 6.07) is 10.7. The van der Waals surface area contributed by atoms with Crippen LogP contribution in [0.5, 0.6) is 17.2 Å². The van der Waals surface area contributed by atoms with E-state index in [9.17, 15) is 9.90 Å². The third kappa shape index (κ3) is 9.98. The lowest BCUT2D eigenvalue weighted by molar-refractivity contribution is -0.156. The number of methoxy groups -OCH3 is 1. The van der Waals surface area contributed by atoms with E-state index in [0.29, 0.717) is 18.6 Å². The van der Waals surface area contributed by atoms with Gasteiger partial charge in [-0.3, -0.25) is 0 Å². The molecule has 1 saturated heterocycles. The van der Waals surface area contributed by atoms with E-state index in [4.69, 9.17) is 32.8 Å². The maximum Gasteiger partial charge on any atom is 0.345 e. The average molecular weight is 697 g/mol. The van der Waals surface area contributed by atoms with Gasteiger partial charge in [0.25, 0.3) is 0 Å². The number of aromatic hydroxyl groups is 1. The fraction of sp³-hybridized carbons (Fsp3) is 0.564. The van der Waals surface area contributed by atoms with Crippen LogP contribution in [0.15, 0.2) is 54.6 Å². The molecule has 2 aliphatic rings. The Morgan fingerprint density at radius 3 is 2.29 bits per heavy atom. The Morgan fingerprint density at radius 2 is 1.65 bits per heavy atom. The van der Waals surface area contributed by atoms with Crippen molar-refractivity contribution in [3.8, 4) is 17.2 Å². The summed E-state index contributed by atoms with van der Waals surface area (Å²) in [6.07, 6.45) is 7.14. The van der Waals surface area contributed by atoms with E-state index < -0.39 is 38.1 Å². The highest BCUT2D eigenvalue weighted by Gasteiger charge is 2.45. The number of phenols is 1. The van der Waals surface area contributed by atoms with Crippen molar-refractivity contribution in [2.75, 3.05) is 7.11 Å². The van der Waals surface area contributed by atoms with Gasteiger partial charge in [-0.2, -0.15) is 0 Å². The summed E-state index contributed by atoms with van der Waals surface area (Å²) in [5.74, 6) is -1.33. The molecule has 0 aliphatic carbocycles. The van der Waals surface area contributed by atoms with Crippen LogP contribution in [-0.4, -0.2) is 62.5 Å². The number of hydrogen-bond acceptors (Lipinski definition) is 9. The molecule has 0 aromatic heterocycles. The number of cyclic esters (lactones) is 1. The molecule has 1 unspecified atom stereocenters. The van der Waals surface area contributed by atoms with Gasteiger partial charge in [-0.1, -0.05) is 64.1 Å². The van der Waals surface area contributed by atoms with Crippen LogP contribution in [0.3, 0.4) is 0 Å². The van der Waals surface area contributed by atoms with Gasteiger partial charge in [0.05, 0.1) is 19.8 Å². The molecule has 2 aromatic rings. The number of fused-ring (bicyclic) bond motifs is 1. The van der Waals surface area contributed by atoms with Crippen LogP contribution < -0.4 is 9.47 Å². The molecule has 2 aromatic carbocycles. The molecule has 0 amide bonds. The van der Waals surface area contributed by atoms with Crippen molar-refractivity contribution < 1.29 is 42.7 Å². The number of rotatable bonds is 13. The SMILES string of the molecule is COc1ccc(COC(/C=C\[C@@H](C)[C@H](C)O[Si](C)(C)C(C)(C)C)[C@H]2OC(C)(C)O[C@H]2C/C=C/c2cc(O)cc3c2C(=O)OC(C)(C)O3)cc1. The Labute approximate surface area is 293 Å². The first-order valence-corrected chi connectivity index (χ1v) is 20.0. The zero-order valence-electron chi connectivity index (χ0n) is 31.3. The number of hydrogen-bond donors (Lipinski definition) is 1. The molecule has 1 fully saturated rings. The van der Waals surface area contributed by atoms with Gasteiger partial charge in [-0.15, -0.1) is 0 Å². The van der Waals surface area contributed by atoms with E-state index in [1.807, 2.05) is 44.2 Å². The van der Waals surface area contributed by atoms with E-state index in [2.05, 4.69) is 59.9 Å². The summed E-state index contributed by atoms with van der Waals surface area (Å²) >= 11 is 0. The standard InChI is InChI=1S/C39H56O9Si/c1-25(26(2)48-49(11,12)37(3,4)5)16-21-31(43-24-27-17-19-30(42-10)20-18-27)35-32(44-38(6,7)46-35)15-13-14-28-22-29(40)23-33-34(28)36(41)47-39(8,9)45-33/h13-14,16-23,25-26,31-32,35,40H,15,24H2,1-12H3/b14-13+,21-16-/t25-,26+,31?,32+,35-/m1/s1. The molecule has 49 heavy (non-hydrogen) atoms. The number of benzene rings is 2. The fourth-order valence-electron chi connectivity index (χ4n) is 5.63. The first kappa shape index (κ1) is 38.6. The number of phenolic OH excluding ortho intramolecular Hbond substituents is 1.